The fraction of sp³-hybridized carbons (Fsp3) is 0.765. The summed E-state index contributed by atoms with van der Waals surface area (Å²) < 4.78 is 2.18. The van der Waals surface area contributed by atoms with Crippen molar-refractivity contribution in [2.24, 2.45) is 0 Å². The molecule has 0 aromatic carbocycles. The molecule has 2 fully saturated rings. The van der Waals surface area contributed by atoms with Crippen molar-refractivity contribution >= 4 is 5.91 Å². The summed E-state index contributed by atoms with van der Waals surface area (Å²) in [6, 6.07) is 1.42. The molecule has 2 heterocycles. The molecule has 4 rings (SSSR count). The number of hydrogen-bond donors (Lipinski definition) is 1. The number of imidazole rings is 1. The Balaban J connectivity index is 1.48. The Kier molecular flexibility index (Phi) is 3.68. The minimum atomic E-state index is 0.0104. The highest BCUT2D eigenvalue weighted by Crippen LogP contribution is 2.34. The smallest absolute Gasteiger partial charge is 0.271 e. The highest BCUT2D eigenvalue weighted by Gasteiger charge is 2.34. The summed E-state index contributed by atoms with van der Waals surface area (Å²) in [6.07, 6.45) is 10.7. The normalized spacial score (nSPS) is 26.7. The Morgan fingerprint density at radius 1 is 1.18 bits per heavy atom. The summed E-state index contributed by atoms with van der Waals surface area (Å²) in [5.41, 5.74) is 0.601. The molecule has 1 atom stereocenters. The standard InChI is InChI=1S/C17H26N4O/c1-12-16-19-15(17(22)18-13-5-2-3-6-13)11-20(16)9-10-21(12)14-7-4-8-14/h11-14H,2-10H2,1H3,(H,18,22)/t12-/m1/s1. The molecular formula is C17H26N4O. The lowest BCUT2D eigenvalue weighted by Gasteiger charge is -2.43. The summed E-state index contributed by atoms with van der Waals surface area (Å²) in [4.78, 5) is 19.7. The molecule has 2 saturated carbocycles. The summed E-state index contributed by atoms with van der Waals surface area (Å²) in [5, 5.41) is 3.15. The minimum Gasteiger partial charge on any atom is -0.348 e. The first-order valence-electron chi connectivity index (χ1n) is 8.86. The number of fused-ring (bicyclic) bond motifs is 1. The maximum atomic E-state index is 12.4. The van der Waals surface area contributed by atoms with Gasteiger partial charge in [0.25, 0.3) is 5.91 Å². The number of hydrogen-bond acceptors (Lipinski definition) is 3. The first kappa shape index (κ1) is 14.2. The average Bonchev–Trinajstić information content (AvgIpc) is 3.09. The third-order valence-electron chi connectivity index (χ3n) is 5.74. The van der Waals surface area contributed by atoms with Crippen LogP contribution in [0.3, 0.4) is 0 Å². The summed E-state index contributed by atoms with van der Waals surface area (Å²) in [5.74, 6) is 1.07. The fourth-order valence-electron chi connectivity index (χ4n) is 4.16. The second-order valence-corrected chi connectivity index (χ2v) is 7.13. The van der Waals surface area contributed by atoms with E-state index in [-0.39, 0.29) is 5.91 Å². The van der Waals surface area contributed by atoms with E-state index in [0.717, 1.165) is 37.8 Å². The van der Waals surface area contributed by atoms with Gasteiger partial charge in [-0.1, -0.05) is 19.3 Å². The molecule has 5 nitrogen and oxygen atoms in total. The molecule has 1 aromatic heterocycles. The summed E-state index contributed by atoms with van der Waals surface area (Å²) in [7, 11) is 0. The largest absolute Gasteiger partial charge is 0.348 e. The Bertz CT molecular complexity index is 557. The molecule has 0 spiro atoms. The van der Waals surface area contributed by atoms with Crippen LogP contribution in [0.25, 0.3) is 0 Å². The first-order valence-corrected chi connectivity index (χ1v) is 8.86. The number of nitrogens with zero attached hydrogens (tertiary/aromatic N) is 3. The summed E-state index contributed by atoms with van der Waals surface area (Å²) in [6.45, 7) is 4.27. The van der Waals surface area contributed by atoms with Crippen molar-refractivity contribution in [2.45, 2.75) is 76.5 Å². The van der Waals surface area contributed by atoms with Crippen molar-refractivity contribution in [2.75, 3.05) is 6.54 Å². The lowest BCUT2D eigenvalue weighted by atomic mass is 9.90. The van der Waals surface area contributed by atoms with E-state index in [9.17, 15) is 4.79 Å². The van der Waals surface area contributed by atoms with E-state index >= 15 is 0 Å². The van der Waals surface area contributed by atoms with Crippen LogP contribution in [0.15, 0.2) is 6.20 Å². The van der Waals surface area contributed by atoms with Crippen molar-refractivity contribution in [1.29, 1.82) is 0 Å². The Morgan fingerprint density at radius 3 is 2.64 bits per heavy atom. The predicted octanol–water partition coefficient (Wildman–Crippen LogP) is 2.48. The van der Waals surface area contributed by atoms with E-state index in [1.165, 1.54) is 32.1 Å². The molecular weight excluding hydrogens is 276 g/mol. The Labute approximate surface area is 132 Å². The highest BCUT2D eigenvalue weighted by atomic mass is 16.2. The van der Waals surface area contributed by atoms with Crippen LogP contribution in [0, 0.1) is 0 Å². The maximum absolute atomic E-state index is 12.4. The van der Waals surface area contributed by atoms with E-state index in [1.54, 1.807) is 0 Å². The fourth-order valence-corrected chi connectivity index (χ4v) is 4.16. The zero-order valence-corrected chi connectivity index (χ0v) is 13.4. The van der Waals surface area contributed by atoms with E-state index in [2.05, 4.69) is 26.7 Å². The number of carbonyl (C=O) groups excluding carboxylic acids is 1. The van der Waals surface area contributed by atoms with Gasteiger partial charge < -0.3 is 9.88 Å². The lowest BCUT2D eigenvalue weighted by Crippen LogP contribution is -2.46. The first-order chi connectivity index (χ1) is 10.7. The second-order valence-electron chi connectivity index (χ2n) is 7.13. The predicted molar refractivity (Wildman–Crippen MR) is 84.7 cm³/mol. The lowest BCUT2D eigenvalue weighted by molar-refractivity contribution is 0.0614. The van der Waals surface area contributed by atoms with Gasteiger partial charge in [-0.15, -0.1) is 0 Å². The number of rotatable bonds is 3. The third kappa shape index (κ3) is 2.45. The molecule has 1 aromatic rings. The van der Waals surface area contributed by atoms with E-state index in [1.807, 2.05) is 6.20 Å². The Hall–Kier alpha value is -1.36. The number of aromatic nitrogens is 2. The zero-order chi connectivity index (χ0) is 15.1. The number of amides is 1. The molecule has 1 aliphatic heterocycles. The molecule has 0 radical (unpaired) electrons. The van der Waals surface area contributed by atoms with Gasteiger partial charge in [-0.3, -0.25) is 9.69 Å². The van der Waals surface area contributed by atoms with Crippen LogP contribution in [-0.2, 0) is 6.54 Å². The topological polar surface area (TPSA) is 50.2 Å². The zero-order valence-electron chi connectivity index (χ0n) is 13.4. The van der Waals surface area contributed by atoms with Crippen molar-refractivity contribution in [3.8, 4) is 0 Å². The average molecular weight is 302 g/mol. The van der Waals surface area contributed by atoms with Crippen LogP contribution in [0.2, 0.25) is 0 Å². The molecule has 0 unspecified atom stereocenters. The van der Waals surface area contributed by atoms with Crippen LogP contribution in [0.4, 0.5) is 0 Å². The molecule has 22 heavy (non-hydrogen) atoms. The quantitative estimate of drug-likeness (QED) is 0.933. The van der Waals surface area contributed by atoms with Gasteiger partial charge in [0.15, 0.2) is 0 Å². The molecule has 2 aliphatic carbocycles. The van der Waals surface area contributed by atoms with Gasteiger partial charge in [0.1, 0.15) is 11.5 Å². The van der Waals surface area contributed by atoms with Crippen LogP contribution in [0.5, 0.6) is 0 Å². The molecule has 1 amide bonds. The number of nitrogens with one attached hydrogen (secondary N) is 1. The molecule has 120 valence electrons. The van der Waals surface area contributed by atoms with Gasteiger partial charge in [0, 0.05) is 31.4 Å². The van der Waals surface area contributed by atoms with Crippen LogP contribution < -0.4 is 5.32 Å². The third-order valence-corrected chi connectivity index (χ3v) is 5.74. The van der Waals surface area contributed by atoms with Gasteiger partial charge in [-0.05, 0) is 32.6 Å². The van der Waals surface area contributed by atoms with E-state index in [4.69, 9.17) is 0 Å². The number of carbonyl (C=O) groups is 1. The van der Waals surface area contributed by atoms with Gasteiger partial charge in [-0.25, -0.2) is 4.98 Å². The van der Waals surface area contributed by atoms with Gasteiger partial charge in [0.05, 0.1) is 6.04 Å². The molecule has 1 N–H and O–H groups in total. The van der Waals surface area contributed by atoms with Crippen LogP contribution in [-0.4, -0.2) is 39.0 Å². The van der Waals surface area contributed by atoms with Crippen molar-refractivity contribution in [3.63, 3.8) is 0 Å². The monoisotopic (exact) mass is 302 g/mol. The highest BCUT2D eigenvalue weighted by molar-refractivity contribution is 5.92. The van der Waals surface area contributed by atoms with Crippen molar-refractivity contribution in [1.82, 2.24) is 19.8 Å². The van der Waals surface area contributed by atoms with Gasteiger partial charge in [0.2, 0.25) is 0 Å². The molecule has 0 saturated heterocycles. The van der Waals surface area contributed by atoms with E-state index in [0.29, 0.717) is 17.8 Å². The van der Waals surface area contributed by atoms with Crippen molar-refractivity contribution < 1.29 is 4.79 Å². The summed E-state index contributed by atoms with van der Waals surface area (Å²) >= 11 is 0. The SMILES string of the molecule is C[C@@H]1c2nc(C(=O)NC3CCCC3)cn2CCN1C1CCC1. The molecule has 3 aliphatic rings. The Morgan fingerprint density at radius 2 is 1.95 bits per heavy atom. The van der Waals surface area contributed by atoms with E-state index < -0.39 is 0 Å². The maximum Gasteiger partial charge on any atom is 0.271 e. The van der Waals surface area contributed by atoms with Gasteiger partial charge >= 0.3 is 0 Å². The van der Waals surface area contributed by atoms with Crippen molar-refractivity contribution in [3.05, 3.63) is 17.7 Å². The molecule has 5 heteroatoms. The minimum absolute atomic E-state index is 0.0104. The second kappa shape index (κ2) is 5.69. The van der Waals surface area contributed by atoms with Crippen LogP contribution in [0.1, 0.15) is 74.2 Å². The van der Waals surface area contributed by atoms with Gasteiger partial charge in [-0.2, -0.15) is 0 Å². The van der Waals surface area contributed by atoms with Crippen LogP contribution >= 0.6 is 0 Å². The molecule has 0 bridgehead atoms.